The normalized spacial score (nSPS) is 24.4. The van der Waals surface area contributed by atoms with E-state index in [-0.39, 0.29) is 5.56 Å². The molecule has 1 N–H and O–H groups in total. The van der Waals surface area contributed by atoms with Crippen molar-refractivity contribution in [2.45, 2.75) is 37.3 Å². The highest BCUT2D eigenvalue weighted by molar-refractivity contribution is 5.40. The highest BCUT2D eigenvalue weighted by Crippen LogP contribution is 2.42. The van der Waals surface area contributed by atoms with Crippen molar-refractivity contribution in [3.63, 3.8) is 0 Å². The summed E-state index contributed by atoms with van der Waals surface area (Å²) in [6, 6.07) is 11.2. The molecule has 2 unspecified atom stereocenters. The summed E-state index contributed by atoms with van der Waals surface area (Å²) in [5.41, 5.74) is 1.36. The average Bonchev–Trinajstić information content (AvgIpc) is 3.36. The smallest absolute Gasteiger partial charge is 0.293 e. The average molecular weight is 267 g/mol. The predicted octanol–water partition coefficient (Wildman–Crippen LogP) is 2.55. The number of hydrogen-bond donors (Lipinski definition) is 1. The molecule has 0 saturated heterocycles. The maximum atomic E-state index is 12.3. The van der Waals surface area contributed by atoms with E-state index in [0.29, 0.717) is 23.8 Å². The van der Waals surface area contributed by atoms with Gasteiger partial charge in [-0.05, 0) is 24.8 Å². The Labute approximate surface area is 117 Å². The molecule has 2 fully saturated rings. The Bertz CT molecular complexity index is 676. The first-order valence-electron chi connectivity index (χ1n) is 7.21. The fraction of sp³-hybridized carbons (Fsp3) is 0.375. The van der Waals surface area contributed by atoms with E-state index >= 15 is 0 Å². The van der Waals surface area contributed by atoms with Crippen LogP contribution < -0.4 is 10.9 Å². The Morgan fingerprint density at radius 3 is 2.75 bits per heavy atom. The van der Waals surface area contributed by atoms with Gasteiger partial charge in [0.25, 0.3) is 5.56 Å². The van der Waals surface area contributed by atoms with Crippen LogP contribution in [0.2, 0.25) is 0 Å². The zero-order chi connectivity index (χ0) is 13.5. The summed E-state index contributed by atoms with van der Waals surface area (Å²) in [4.78, 5) is 16.5. The molecule has 1 aromatic heterocycles. The zero-order valence-corrected chi connectivity index (χ0v) is 11.2. The Hall–Kier alpha value is -2.10. The lowest BCUT2D eigenvalue weighted by Crippen LogP contribution is -2.24. The summed E-state index contributed by atoms with van der Waals surface area (Å²) in [5, 5.41) is 3.31. The van der Waals surface area contributed by atoms with E-state index in [1.807, 2.05) is 10.6 Å². The van der Waals surface area contributed by atoms with Gasteiger partial charge in [-0.25, -0.2) is 4.98 Å². The molecule has 2 aliphatic carbocycles. The molecular formula is C16H17N3O. The minimum Gasteiger partial charge on any atom is -0.362 e. The number of hydrogen-bond acceptors (Lipinski definition) is 3. The van der Waals surface area contributed by atoms with Crippen LogP contribution in [-0.2, 0) is 0 Å². The fourth-order valence-electron chi connectivity index (χ4n) is 2.76. The molecule has 1 aromatic carbocycles. The third-order valence-electron chi connectivity index (χ3n) is 4.15. The van der Waals surface area contributed by atoms with Crippen LogP contribution in [0.15, 0.2) is 47.5 Å². The molecule has 4 rings (SSSR count). The fourth-order valence-corrected chi connectivity index (χ4v) is 2.76. The number of anilines is 1. The van der Waals surface area contributed by atoms with Gasteiger partial charge in [-0.15, -0.1) is 0 Å². The standard InChI is InChI=1S/C16H17N3O/c20-16-15(17-8-9-19(16)12-6-7-12)18-14-10-13(14)11-4-2-1-3-5-11/h1-5,8-9,12-14H,6-7,10H2,(H,17,18). The van der Waals surface area contributed by atoms with Crippen LogP contribution in [0.1, 0.15) is 36.8 Å². The molecule has 2 aromatic rings. The van der Waals surface area contributed by atoms with Crippen LogP contribution >= 0.6 is 0 Å². The van der Waals surface area contributed by atoms with Crippen LogP contribution in [0.5, 0.6) is 0 Å². The number of aromatic nitrogens is 2. The molecule has 2 saturated carbocycles. The second kappa shape index (κ2) is 4.47. The van der Waals surface area contributed by atoms with Gasteiger partial charge >= 0.3 is 0 Å². The van der Waals surface area contributed by atoms with E-state index < -0.39 is 0 Å². The van der Waals surface area contributed by atoms with Crippen molar-refractivity contribution in [1.29, 1.82) is 0 Å². The number of rotatable bonds is 4. The quantitative estimate of drug-likeness (QED) is 0.926. The van der Waals surface area contributed by atoms with Crippen LogP contribution in [0.25, 0.3) is 0 Å². The second-order valence-electron chi connectivity index (χ2n) is 5.72. The van der Waals surface area contributed by atoms with Gasteiger partial charge in [-0.3, -0.25) is 4.79 Å². The second-order valence-corrected chi connectivity index (χ2v) is 5.72. The summed E-state index contributed by atoms with van der Waals surface area (Å²) in [6.45, 7) is 0. The van der Waals surface area contributed by atoms with Crippen molar-refractivity contribution in [2.24, 2.45) is 0 Å². The SMILES string of the molecule is O=c1c(NC2CC2c2ccccc2)nccn1C1CC1. The summed E-state index contributed by atoms with van der Waals surface area (Å²) < 4.78 is 1.81. The van der Waals surface area contributed by atoms with Crippen molar-refractivity contribution in [3.05, 3.63) is 58.6 Å². The summed E-state index contributed by atoms with van der Waals surface area (Å²) in [6.07, 6.45) is 6.82. The maximum absolute atomic E-state index is 12.3. The molecule has 0 amide bonds. The molecule has 0 radical (unpaired) electrons. The highest BCUT2D eigenvalue weighted by atomic mass is 16.1. The van der Waals surface area contributed by atoms with Gasteiger partial charge in [0.1, 0.15) is 0 Å². The first-order chi connectivity index (χ1) is 9.83. The van der Waals surface area contributed by atoms with E-state index in [1.165, 1.54) is 5.56 Å². The topological polar surface area (TPSA) is 46.9 Å². The number of nitrogens with one attached hydrogen (secondary N) is 1. The lowest BCUT2D eigenvalue weighted by molar-refractivity contribution is 0.699. The lowest BCUT2D eigenvalue weighted by Gasteiger charge is -2.08. The molecule has 2 aliphatic rings. The largest absolute Gasteiger partial charge is 0.362 e. The van der Waals surface area contributed by atoms with Crippen LogP contribution in [0, 0.1) is 0 Å². The minimum atomic E-state index is 0.0220. The van der Waals surface area contributed by atoms with Gasteiger partial charge in [-0.1, -0.05) is 30.3 Å². The zero-order valence-electron chi connectivity index (χ0n) is 11.2. The Morgan fingerprint density at radius 1 is 1.20 bits per heavy atom. The van der Waals surface area contributed by atoms with Crippen molar-refractivity contribution >= 4 is 5.82 Å². The van der Waals surface area contributed by atoms with Crippen LogP contribution in [0.3, 0.4) is 0 Å². The summed E-state index contributed by atoms with van der Waals surface area (Å²) in [5.74, 6) is 1.01. The third kappa shape index (κ3) is 2.11. The highest BCUT2D eigenvalue weighted by Gasteiger charge is 2.39. The van der Waals surface area contributed by atoms with Gasteiger partial charge in [0.05, 0.1) is 0 Å². The molecule has 20 heavy (non-hydrogen) atoms. The first kappa shape index (κ1) is 11.7. The van der Waals surface area contributed by atoms with Gasteiger partial charge in [0.15, 0.2) is 5.82 Å². The van der Waals surface area contributed by atoms with E-state index in [2.05, 4.69) is 34.6 Å². The summed E-state index contributed by atoms with van der Waals surface area (Å²) >= 11 is 0. The van der Waals surface area contributed by atoms with Crippen molar-refractivity contribution in [2.75, 3.05) is 5.32 Å². The number of benzene rings is 1. The van der Waals surface area contributed by atoms with E-state index in [4.69, 9.17) is 0 Å². The van der Waals surface area contributed by atoms with Crippen molar-refractivity contribution < 1.29 is 0 Å². The Kier molecular flexibility index (Phi) is 2.62. The molecule has 2 atom stereocenters. The molecular weight excluding hydrogens is 250 g/mol. The van der Waals surface area contributed by atoms with E-state index in [0.717, 1.165) is 19.3 Å². The van der Waals surface area contributed by atoms with Crippen LogP contribution in [0.4, 0.5) is 5.82 Å². The van der Waals surface area contributed by atoms with Crippen molar-refractivity contribution in [1.82, 2.24) is 9.55 Å². The summed E-state index contributed by atoms with van der Waals surface area (Å²) in [7, 11) is 0. The monoisotopic (exact) mass is 267 g/mol. The van der Waals surface area contributed by atoms with Crippen molar-refractivity contribution in [3.8, 4) is 0 Å². The van der Waals surface area contributed by atoms with Crippen LogP contribution in [-0.4, -0.2) is 15.6 Å². The van der Waals surface area contributed by atoms with Gasteiger partial charge < -0.3 is 9.88 Å². The molecule has 4 heteroatoms. The molecule has 0 spiro atoms. The van der Waals surface area contributed by atoms with Gasteiger partial charge in [0, 0.05) is 30.4 Å². The predicted molar refractivity (Wildman–Crippen MR) is 78.0 cm³/mol. The number of nitrogens with zero attached hydrogens (tertiary/aromatic N) is 2. The van der Waals surface area contributed by atoms with E-state index in [9.17, 15) is 4.79 Å². The lowest BCUT2D eigenvalue weighted by atomic mass is 10.1. The Morgan fingerprint density at radius 2 is 2.00 bits per heavy atom. The molecule has 0 aliphatic heterocycles. The Balaban J connectivity index is 1.51. The third-order valence-corrected chi connectivity index (χ3v) is 4.15. The molecule has 1 heterocycles. The molecule has 0 bridgehead atoms. The molecule has 4 nitrogen and oxygen atoms in total. The first-order valence-corrected chi connectivity index (χ1v) is 7.21. The van der Waals surface area contributed by atoms with Gasteiger partial charge in [-0.2, -0.15) is 0 Å². The van der Waals surface area contributed by atoms with E-state index in [1.54, 1.807) is 12.4 Å². The maximum Gasteiger partial charge on any atom is 0.293 e. The van der Waals surface area contributed by atoms with Gasteiger partial charge in [0.2, 0.25) is 0 Å². The minimum absolute atomic E-state index is 0.0220. The molecule has 102 valence electrons.